The first-order valence-corrected chi connectivity index (χ1v) is 7.47. The number of nitrogens with zero attached hydrogens (tertiary/aromatic N) is 5. The van der Waals surface area contributed by atoms with E-state index in [1.807, 2.05) is 24.4 Å². The number of fused-ring (bicyclic) bond motifs is 1. The number of hydrogen-bond donors (Lipinski definition) is 2. The van der Waals surface area contributed by atoms with E-state index in [9.17, 15) is 0 Å². The predicted octanol–water partition coefficient (Wildman–Crippen LogP) is 1.83. The van der Waals surface area contributed by atoms with Gasteiger partial charge in [-0.25, -0.2) is 9.97 Å². The molecule has 0 aliphatic carbocycles. The number of rotatable bonds is 3. The molecule has 1 aliphatic heterocycles. The third-order valence-corrected chi connectivity index (χ3v) is 4.07. The van der Waals surface area contributed by atoms with Crippen LogP contribution in [0.4, 0.5) is 11.6 Å². The lowest BCUT2D eigenvalue weighted by molar-refractivity contribution is 0.521. The van der Waals surface area contributed by atoms with Crippen LogP contribution >= 0.6 is 0 Å². The van der Waals surface area contributed by atoms with Crippen LogP contribution in [0.25, 0.3) is 11.0 Å². The van der Waals surface area contributed by atoms with Gasteiger partial charge in [-0.15, -0.1) is 5.10 Å². The lowest BCUT2D eigenvalue weighted by atomic mass is 10.0. The van der Waals surface area contributed by atoms with Crippen LogP contribution in [0.1, 0.15) is 12.8 Å². The normalized spacial score (nSPS) is 16.1. The highest BCUT2D eigenvalue weighted by molar-refractivity contribution is 5.86. The van der Waals surface area contributed by atoms with Crippen LogP contribution in [0.15, 0.2) is 36.9 Å². The van der Waals surface area contributed by atoms with Gasteiger partial charge in [0.25, 0.3) is 0 Å². The minimum atomic E-state index is 0.418. The van der Waals surface area contributed by atoms with Crippen molar-refractivity contribution in [3.63, 3.8) is 0 Å². The highest BCUT2D eigenvalue weighted by Crippen LogP contribution is 2.22. The minimum absolute atomic E-state index is 0.418. The Balaban J connectivity index is 1.43. The summed E-state index contributed by atoms with van der Waals surface area (Å²) in [5, 5.41) is 12.7. The van der Waals surface area contributed by atoms with Crippen molar-refractivity contribution in [2.24, 2.45) is 0 Å². The van der Waals surface area contributed by atoms with Crippen LogP contribution < -0.4 is 10.2 Å². The number of aromatic nitrogens is 5. The van der Waals surface area contributed by atoms with E-state index in [2.05, 4.69) is 35.4 Å². The summed E-state index contributed by atoms with van der Waals surface area (Å²) in [4.78, 5) is 14.0. The van der Waals surface area contributed by atoms with Crippen LogP contribution in [0, 0.1) is 0 Å². The largest absolute Gasteiger partial charge is 0.367 e. The Morgan fingerprint density at radius 3 is 2.91 bits per heavy atom. The molecule has 0 atom stereocenters. The SMILES string of the molecule is c1cnnc(N2CCC(Nc3ncnc4[nH]ccc34)CC2)c1. The molecule has 0 radical (unpaired) electrons. The van der Waals surface area contributed by atoms with Gasteiger partial charge in [-0.1, -0.05) is 0 Å². The van der Waals surface area contributed by atoms with Crippen molar-refractivity contribution in [3.8, 4) is 0 Å². The molecule has 0 amide bonds. The third kappa shape index (κ3) is 2.45. The molecule has 1 aliphatic rings. The van der Waals surface area contributed by atoms with Crippen molar-refractivity contribution in [2.75, 3.05) is 23.3 Å². The zero-order valence-corrected chi connectivity index (χ0v) is 12.1. The Morgan fingerprint density at radius 1 is 1.18 bits per heavy atom. The highest BCUT2D eigenvalue weighted by Gasteiger charge is 2.21. The van der Waals surface area contributed by atoms with Crippen LogP contribution in [0.3, 0.4) is 0 Å². The summed E-state index contributed by atoms with van der Waals surface area (Å²) < 4.78 is 0. The summed E-state index contributed by atoms with van der Waals surface area (Å²) in [6.45, 7) is 1.94. The fraction of sp³-hybridized carbons (Fsp3) is 0.333. The van der Waals surface area contributed by atoms with Gasteiger partial charge in [-0.2, -0.15) is 5.10 Å². The molecule has 7 heteroatoms. The number of piperidine rings is 1. The van der Waals surface area contributed by atoms with Gasteiger partial charge in [-0.05, 0) is 31.0 Å². The Hall–Kier alpha value is -2.70. The second-order valence-corrected chi connectivity index (χ2v) is 5.45. The third-order valence-electron chi connectivity index (χ3n) is 4.07. The zero-order valence-electron chi connectivity index (χ0n) is 12.1. The second-order valence-electron chi connectivity index (χ2n) is 5.45. The molecule has 0 saturated carbocycles. The summed E-state index contributed by atoms with van der Waals surface area (Å²) in [6, 6.07) is 6.36. The lowest BCUT2D eigenvalue weighted by Gasteiger charge is -2.33. The molecule has 3 aromatic rings. The van der Waals surface area contributed by atoms with Crippen LogP contribution in [0.5, 0.6) is 0 Å². The van der Waals surface area contributed by atoms with Crippen molar-refractivity contribution in [2.45, 2.75) is 18.9 Å². The molecule has 1 fully saturated rings. The average Bonchev–Trinajstić information content (AvgIpc) is 3.06. The van der Waals surface area contributed by atoms with E-state index in [0.29, 0.717) is 6.04 Å². The second kappa shape index (κ2) is 5.59. The van der Waals surface area contributed by atoms with Crippen LogP contribution in [-0.2, 0) is 0 Å². The number of hydrogen-bond acceptors (Lipinski definition) is 6. The highest BCUT2D eigenvalue weighted by atomic mass is 15.3. The Kier molecular flexibility index (Phi) is 3.30. The van der Waals surface area contributed by atoms with Gasteiger partial charge in [0.2, 0.25) is 0 Å². The van der Waals surface area contributed by atoms with E-state index in [0.717, 1.165) is 48.6 Å². The van der Waals surface area contributed by atoms with E-state index >= 15 is 0 Å². The molecule has 22 heavy (non-hydrogen) atoms. The molecular formula is C15H17N7. The zero-order chi connectivity index (χ0) is 14.8. The first-order chi connectivity index (χ1) is 10.9. The molecule has 0 aromatic carbocycles. The average molecular weight is 295 g/mol. The van der Waals surface area contributed by atoms with E-state index in [-0.39, 0.29) is 0 Å². The van der Waals surface area contributed by atoms with Gasteiger partial charge >= 0.3 is 0 Å². The summed E-state index contributed by atoms with van der Waals surface area (Å²) in [5.74, 6) is 1.86. The molecular weight excluding hydrogens is 278 g/mol. The number of anilines is 2. The molecule has 4 rings (SSSR count). The Labute approximate surface area is 127 Å². The maximum absolute atomic E-state index is 4.37. The predicted molar refractivity (Wildman–Crippen MR) is 84.8 cm³/mol. The van der Waals surface area contributed by atoms with Gasteiger partial charge in [0.05, 0.1) is 5.39 Å². The molecule has 0 bridgehead atoms. The summed E-state index contributed by atoms with van der Waals surface area (Å²) in [6.07, 6.45) is 7.28. The van der Waals surface area contributed by atoms with Gasteiger partial charge in [0.15, 0.2) is 5.82 Å². The summed E-state index contributed by atoms with van der Waals surface area (Å²) in [5.41, 5.74) is 0.870. The van der Waals surface area contributed by atoms with Crippen molar-refractivity contribution >= 4 is 22.7 Å². The Bertz CT molecular complexity index is 747. The molecule has 4 heterocycles. The minimum Gasteiger partial charge on any atom is -0.367 e. The quantitative estimate of drug-likeness (QED) is 0.767. The van der Waals surface area contributed by atoms with Gasteiger partial charge in [0, 0.05) is 31.5 Å². The Morgan fingerprint density at radius 2 is 2.09 bits per heavy atom. The maximum Gasteiger partial charge on any atom is 0.151 e. The molecule has 3 aromatic heterocycles. The van der Waals surface area contributed by atoms with Crippen molar-refractivity contribution in [3.05, 3.63) is 36.9 Å². The van der Waals surface area contributed by atoms with Crippen molar-refractivity contribution < 1.29 is 0 Å². The standard InChI is InChI=1S/C15H17N7/c1-2-13(21-19-6-1)22-8-4-11(5-9-22)20-15-12-3-7-16-14(12)17-10-18-15/h1-3,6-7,10-11H,4-5,8-9H2,(H2,16,17,18,20). The first kappa shape index (κ1) is 13.0. The van der Waals surface area contributed by atoms with E-state index in [4.69, 9.17) is 0 Å². The van der Waals surface area contributed by atoms with Crippen LogP contribution in [-0.4, -0.2) is 44.3 Å². The fourth-order valence-electron chi connectivity index (χ4n) is 2.90. The lowest BCUT2D eigenvalue weighted by Crippen LogP contribution is -2.39. The molecule has 7 nitrogen and oxygen atoms in total. The van der Waals surface area contributed by atoms with Gasteiger partial charge in [0.1, 0.15) is 17.8 Å². The number of aromatic amines is 1. The molecule has 2 N–H and O–H groups in total. The van der Waals surface area contributed by atoms with Gasteiger partial charge in [-0.3, -0.25) is 0 Å². The topological polar surface area (TPSA) is 82.6 Å². The summed E-state index contributed by atoms with van der Waals surface area (Å²) in [7, 11) is 0. The van der Waals surface area contributed by atoms with E-state index < -0.39 is 0 Å². The van der Waals surface area contributed by atoms with Crippen molar-refractivity contribution in [1.29, 1.82) is 0 Å². The molecule has 0 unspecified atom stereocenters. The molecule has 0 spiro atoms. The molecule has 1 saturated heterocycles. The maximum atomic E-state index is 4.37. The van der Waals surface area contributed by atoms with Gasteiger partial charge < -0.3 is 15.2 Å². The fourth-order valence-corrected chi connectivity index (χ4v) is 2.90. The number of nitrogens with one attached hydrogen (secondary N) is 2. The van der Waals surface area contributed by atoms with Crippen LogP contribution in [0.2, 0.25) is 0 Å². The van der Waals surface area contributed by atoms with Crippen molar-refractivity contribution in [1.82, 2.24) is 25.1 Å². The van der Waals surface area contributed by atoms with E-state index in [1.165, 1.54) is 0 Å². The monoisotopic (exact) mass is 295 g/mol. The molecule has 112 valence electrons. The summed E-state index contributed by atoms with van der Waals surface area (Å²) >= 11 is 0. The smallest absolute Gasteiger partial charge is 0.151 e. The first-order valence-electron chi connectivity index (χ1n) is 7.47. The number of H-pyrrole nitrogens is 1. The van der Waals surface area contributed by atoms with E-state index in [1.54, 1.807) is 12.5 Å².